The quantitative estimate of drug-likeness (QED) is 0.613. The lowest BCUT2D eigenvalue weighted by molar-refractivity contribution is -0.118. The van der Waals surface area contributed by atoms with E-state index in [9.17, 15) is 9.90 Å². The summed E-state index contributed by atoms with van der Waals surface area (Å²) in [5, 5.41) is 20.1. The first-order valence-electron chi connectivity index (χ1n) is 5.03. The summed E-state index contributed by atoms with van der Waals surface area (Å²) in [5.74, 6) is 0.0828. The number of aromatic hydroxyl groups is 1. The number of benzene rings is 1. The Kier molecular flexibility index (Phi) is 3.43. The maximum Gasteiger partial charge on any atom is 0.239 e. The van der Waals surface area contributed by atoms with Crippen molar-refractivity contribution in [1.29, 1.82) is 0 Å². The Morgan fingerprint density at radius 1 is 1.47 bits per heavy atom. The van der Waals surface area contributed by atoms with Gasteiger partial charge in [-0.25, -0.2) is 0 Å². The van der Waals surface area contributed by atoms with E-state index in [0.717, 1.165) is 0 Å². The van der Waals surface area contributed by atoms with Crippen molar-refractivity contribution in [2.75, 3.05) is 0 Å². The summed E-state index contributed by atoms with van der Waals surface area (Å²) in [6.45, 7) is 1.80. The zero-order valence-electron chi connectivity index (χ0n) is 9.12. The Morgan fingerprint density at radius 2 is 2.24 bits per heavy atom. The second-order valence-electron chi connectivity index (χ2n) is 3.46. The number of phenols is 1. The summed E-state index contributed by atoms with van der Waals surface area (Å²) in [6.07, 6.45) is 1.44. The monoisotopic (exact) mass is 249 g/mol. The predicted octanol–water partition coefficient (Wildman–Crippen LogP) is 1.33. The summed E-state index contributed by atoms with van der Waals surface area (Å²) in [5.41, 5.74) is 0.583. The van der Waals surface area contributed by atoms with Crippen LogP contribution in [-0.4, -0.2) is 27.6 Å². The highest BCUT2D eigenvalue weighted by Gasteiger charge is 2.25. The van der Waals surface area contributed by atoms with Crippen LogP contribution >= 0.6 is 11.8 Å². The van der Waals surface area contributed by atoms with Crippen LogP contribution in [0.3, 0.4) is 0 Å². The summed E-state index contributed by atoms with van der Waals surface area (Å²) < 4.78 is 0. The van der Waals surface area contributed by atoms with Gasteiger partial charge in [0.15, 0.2) is 5.17 Å². The van der Waals surface area contributed by atoms with Gasteiger partial charge < -0.3 is 10.4 Å². The van der Waals surface area contributed by atoms with Crippen LogP contribution in [0.5, 0.6) is 5.75 Å². The molecule has 1 atom stereocenters. The molecule has 17 heavy (non-hydrogen) atoms. The fraction of sp³-hybridized carbons (Fsp3) is 0.182. The van der Waals surface area contributed by atoms with E-state index in [4.69, 9.17) is 0 Å². The molecule has 5 nitrogen and oxygen atoms in total. The highest BCUT2D eigenvalue weighted by atomic mass is 32.2. The molecule has 1 fully saturated rings. The van der Waals surface area contributed by atoms with Crippen molar-refractivity contribution in [3.63, 3.8) is 0 Å². The van der Waals surface area contributed by atoms with Crippen LogP contribution in [0, 0.1) is 0 Å². The smallest absolute Gasteiger partial charge is 0.239 e. The lowest BCUT2D eigenvalue weighted by Gasteiger charge is -1.95. The first kappa shape index (κ1) is 11.7. The van der Waals surface area contributed by atoms with Crippen LogP contribution in [0.4, 0.5) is 0 Å². The van der Waals surface area contributed by atoms with E-state index < -0.39 is 0 Å². The maximum absolute atomic E-state index is 11.2. The van der Waals surface area contributed by atoms with E-state index in [1.165, 1.54) is 18.0 Å². The molecule has 2 N–H and O–H groups in total. The fourth-order valence-electron chi connectivity index (χ4n) is 1.25. The molecule has 1 unspecified atom stereocenters. The number of nitrogens with one attached hydrogen (secondary N) is 1. The standard InChI is InChI=1S/C11H11N3O2S/c1-7-10(16)13-11(17-7)14-12-6-8-4-2-3-5-9(8)15/h2-7,15H,1H3,(H,13,14,16)/b12-6+. The van der Waals surface area contributed by atoms with Gasteiger partial charge in [-0.3, -0.25) is 4.79 Å². The van der Waals surface area contributed by atoms with Crippen molar-refractivity contribution in [3.05, 3.63) is 29.8 Å². The van der Waals surface area contributed by atoms with Crippen molar-refractivity contribution >= 4 is 29.1 Å². The van der Waals surface area contributed by atoms with Crippen LogP contribution in [-0.2, 0) is 4.79 Å². The molecule has 1 amide bonds. The number of amides is 1. The van der Waals surface area contributed by atoms with Gasteiger partial charge in [-0.15, -0.1) is 5.10 Å². The molecule has 1 saturated heterocycles. The summed E-state index contributed by atoms with van der Waals surface area (Å²) in [4.78, 5) is 11.2. The van der Waals surface area contributed by atoms with Crippen molar-refractivity contribution in [3.8, 4) is 5.75 Å². The number of nitrogens with zero attached hydrogens (tertiary/aromatic N) is 2. The molecule has 1 aliphatic heterocycles. The van der Waals surface area contributed by atoms with E-state index in [0.29, 0.717) is 10.7 Å². The molecule has 0 aromatic heterocycles. The Balaban J connectivity index is 2.06. The van der Waals surface area contributed by atoms with Gasteiger partial charge >= 0.3 is 0 Å². The van der Waals surface area contributed by atoms with Gasteiger partial charge in [0.25, 0.3) is 0 Å². The highest BCUT2D eigenvalue weighted by Crippen LogP contribution is 2.18. The summed E-state index contributed by atoms with van der Waals surface area (Å²) >= 11 is 1.33. The van der Waals surface area contributed by atoms with Crippen molar-refractivity contribution < 1.29 is 9.90 Å². The van der Waals surface area contributed by atoms with E-state index in [2.05, 4.69) is 15.5 Å². The molecule has 0 radical (unpaired) electrons. The number of hydrogen-bond acceptors (Lipinski definition) is 5. The van der Waals surface area contributed by atoms with E-state index in [-0.39, 0.29) is 16.9 Å². The minimum Gasteiger partial charge on any atom is -0.507 e. The Labute approximate surface area is 103 Å². The van der Waals surface area contributed by atoms with Crippen molar-refractivity contribution in [2.24, 2.45) is 10.2 Å². The first-order chi connectivity index (χ1) is 8.16. The van der Waals surface area contributed by atoms with Gasteiger partial charge in [0.1, 0.15) is 5.75 Å². The van der Waals surface area contributed by atoms with Crippen molar-refractivity contribution in [2.45, 2.75) is 12.2 Å². The van der Waals surface area contributed by atoms with Crippen LogP contribution in [0.15, 0.2) is 34.5 Å². The van der Waals surface area contributed by atoms with E-state index >= 15 is 0 Å². The number of carbonyl (C=O) groups is 1. The van der Waals surface area contributed by atoms with Crippen LogP contribution in [0.25, 0.3) is 0 Å². The molecule has 1 aromatic rings. The average Bonchev–Trinajstić information content (AvgIpc) is 2.61. The number of hydrogen-bond donors (Lipinski definition) is 2. The molecule has 0 spiro atoms. The fourth-order valence-corrected chi connectivity index (χ4v) is 2.00. The average molecular weight is 249 g/mol. The number of phenolic OH excluding ortho intramolecular Hbond substituents is 1. The van der Waals surface area contributed by atoms with Gasteiger partial charge in [-0.2, -0.15) is 5.10 Å². The van der Waals surface area contributed by atoms with Crippen LogP contribution < -0.4 is 5.32 Å². The molecule has 1 aromatic carbocycles. The van der Waals surface area contributed by atoms with E-state index in [1.54, 1.807) is 31.2 Å². The number of para-hydroxylation sites is 1. The topological polar surface area (TPSA) is 74.1 Å². The largest absolute Gasteiger partial charge is 0.507 e. The third-order valence-corrected chi connectivity index (χ3v) is 3.14. The molecule has 1 aliphatic rings. The van der Waals surface area contributed by atoms with Gasteiger partial charge in [0.2, 0.25) is 5.91 Å². The minimum atomic E-state index is -0.130. The third kappa shape index (κ3) is 2.85. The number of amidine groups is 1. The number of thioether (sulfide) groups is 1. The zero-order valence-corrected chi connectivity index (χ0v) is 9.94. The van der Waals surface area contributed by atoms with Crippen LogP contribution in [0.2, 0.25) is 0 Å². The molecule has 2 rings (SSSR count). The Morgan fingerprint density at radius 3 is 2.88 bits per heavy atom. The summed E-state index contributed by atoms with van der Waals surface area (Å²) in [7, 11) is 0. The molecule has 0 bridgehead atoms. The second-order valence-corrected chi connectivity index (χ2v) is 4.79. The molecule has 88 valence electrons. The lowest BCUT2D eigenvalue weighted by Crippen LogP contribution is -2.23. The molecule has 0 aliphatic carbocycles. The Hall–Kier alpha value is -1.82. The molecular weight excluding hydrogens is 238 g/mol. The number of rotatable bonds is 2. The maximum atomic E-state index is 11.2. The van der Waals surface area contributed by atoms with Crippen LogP contribution in [0.1, 0.15) is 12.5 Å². The third-order valence-electron chi connectivity index (χ3n) is 2.17. The molecule has 1 heterocycles. The first-order valence-corrected chi connectivity index (χ1v) is 5.91. The normalized spacial score (nSPS) is 22.3. The molecule has 6 heteroatoms. The molecular formula is C11H11N3O2S. The van der Waals surface area contributed by atoms with Gasteiger partial charge in [-0.1, -0.05) is 23.9 Å². The second kappa shape index (κ2) is 5.01. The van der Waals surface area contributed by atoms with Crippen molar-refractivity contribution in [1.82, 2.24) is 5.32 Å². The summed E-state index contributed by atoms with van der Waals surface area (Å²) in [6, 6.07) is 6.82. The minimum absolute atomic E-state index is 0.0634. The SMILES string of the molecule is CC1S/C(=N\N=C\c2ccccc2O)NC1=O. The number of carbonyl (C=O) groups excluding carboxylic acids is 1. The highest BCUT2D eigenvalue weighted by molar-refractivity contribution is 8.15. The zero-order chi connectivity index (χ0) is 12.3. The predicted molar refractivity (Wildman–Crippen MR) is 68.3 cm³/mol. The Bertz CT molecular complexity index is 499. The lowest BCUT2D eigenvalue weighted by atomic mass is 10.2. The van der Waals surface area contributed by atoms with Gasteiger partial charge in [0, 0.05) is 5.56 Å². The van der Waals surface area contributed by atoms with E-state index in [1.807, 2.05) is 0 Å². The molecule has 0 saturated carbocycles. The van der Waals surface area contributed by atoms with Gasteiger partial charge in [-0.05, 0) is 19.1 Å². The van der Waals surface area contributed by atoms with Gasteiger partial charge in [0.05, 0.1) is 11.5 Å².